The van der Waals surface area contributed by atoms with Crippen molar-refractivity contribution in [2.24, 2.45) is 0 Å². The van der Waals surface area contributed by atoms with Crippen molar-refractivity contribution >= 4 is 22.1 Å². The van der Waals surface area contributed by atoms with Crippen LogP contribution >= 0.6 is 0 Å². The summed E-state index contributed by atoms with van der Waals surface area (Å²) in [6.45, 7) is 1.60. The highest BCUT2D eigenvalue weighted by Gasteiger charge is 2.24. The SMILES string of the molecule is Cc1ccc(C(=O)OC(=O)c2ccccc2)c(S(=O)(=O)O)c1. The van der Waals surface area contributed by atoms with Crippen molar-refractivity contribution in [1.29, 1.82) is 0 Å². The van der Waals surface area contributed by atoms with Gasteiger partial charge in [-0.15, -0.1) is 0 Å². The Labute approximate surface area is 127 Å². The molecule has 0 aliphatic rings. The highest BCUT2D eigenvalue weighted by Crippen LogP contribution is 2.19. The minimum atomic E-state index is -4.61. The molecule has 114 valence electrons. The first-order chi connectivity index (χ1) is 10.3. The Balaban J connectivity index is 2.33. The van der Waals surface area contributed by atoms with Gasteiger partial charge in [-0.05, 0) is 36.8 Å². The molecular formula is C15H12O6S. The van der Waals surface area contributed by atoms with Crippen LogP contribution in [0.1, 0.15) is 26.3 Å². The molecule has 0 amide bonds. The zero-order valence-corrected chi connectivity index (χ0v) is 12.3. The molecule has 1 N–H and O–H groups in total. The van der Waals surface area contributed by atoms with E-state index < -0.39 is 32.5 Å². The summed E-state index contributed by atoms with van der Waals surface area (Å²) in [7, 11) is -4.61. The van der Waals surface area contributed by atoms with Gasteiger partial charge in [-0.3, -0.25) is 4.55 Å². The van der Waals surface area contributed by atoms with E-state index in [4.69, 9.17) is 0 Å². The van der Waals surface area contributed by atoms with Crippen molar-refractivity contribution in [3.8, 4) is 0 Å². The van der Waals surface area contributed by atoms with E-state index >= 15 is 0 Å². The van der Waals surface area contributed by atoms with Gasteiger partial charge in [0.15, 0.2) is 0 Å². The number of hydrogen-bond donors (Lipinski definition) is 1. The molecular weight excluding hydrogens is 308 g/mol. The van der Waals surface area contributed by atoms with Crippen molar-refractivity contribution in [2.75, 3.05) is 0 Å². The van der Waals surface area contributed by atoms with E-state index in [0.29, 0.717) is 5.56 Å². The number of hydrogen-bond acceptors (Lipinski definition) is 5. The minimum Gasteiger partial charge on any atom is -0.386 e. The van der Waals surface area contributed by atoms with Crippen molar-refractivity contribution in [3.63, 3.8) is 0 Å². The van der Waals surface area contributed by atoms with Crippen LogP contribution in [0, 0.1) is 6.92 Å². The highest BCUT2D eigenvalue weighted by atomic mass is 32.2. The van der Waals surface area contributed by atoms with Crippen LogP contribution in [0.25, 0.3) is 0 Å². The number of esters is 2. The van der Waals surface area contributed by atoms with Crippen molar-refractivity contribution in [2.45, 2.75) is 11.8 Å². The van der Waals surface area contributed by atoms with Crippen LogP contribution < -0.4 is 0 Å². The maximum Gasteiger partial charge on any atom is 0.347 e. The smallest absolute Gasteiger partial charge is 0.347 e. The maximum atomic E-state index is 12.0. The largest absolute Gasteiger partial charge is 0.386 e. The van der Waals surface area contributed by atoms with E-state index in [1.165, 1.54) is 24.3 Å². The van der Waals surface area contributed by atoms with Crippen LogP contribution in [0.2, 0.25) is 0 Å². The Bertz CT molecular complexity index is 824. The van der Waals surface area contributed by atoms with E-state index in [9.17, 15) is 22.6 Å². The van der Waals surface area contributed by atoms with Gasteiger partial charge in [0.2, 0.25) is 0 Å². The van der Waals surface area contributed by atoms with E-state index in [1.807, 2.05) is 0 Å². The van der Waals surface area contributed by atoms with Crippen molar-refractivity contribution in [3.05, 3.63) is 65.2 Å². The van der Waals surface area contributed by atoms with Gasteiger partial charge in [0.05, 0.1) is 11.1 Å². The molecule has 0 radical (unpaired) electrons. The lowest BCUT2D eigenvalue weighted by Crippen LogP contribution is -2.16. The summed E-state index contributed by atoms with van der Waals surface area (Å²) in [6.07, 6.45) is 0. The average molecular weight is 320 g/mol. The molecule has 0 saturated carbocycles. The first kappa shape index (κ1) is 15.9. The molecule has 0 fully saturated rings. The third-order valence-corrected chi connectivity index (χ3v) is 3.72. The molecule has 0 saturated heterocycles. The molecule has 22 heavy (non-hydrogen) atoms. The summed E-state index contributed by atoms with van der Waals surface area (Å²) in [6, 6.07) is 11.6. The van der Waals surface area contributed by atoms with Gasteiger partial charge in [0, 0.05) is 0 Å². The number of benzene rings is 2. The van der Waals surface area contributed by atoms with Gasteiger partial charge in [0.1, 0.15) is 4.90 Å². The number of aryl methyl sites for hydroxylation is 1. The van der Waals surface area contributed by atoms with Gasteiger partial charge in [0.25, 0.3) is 10.1 Å². The fourth-order valence-corrected chi connectivity index (χ4v) is 2.55. The third-order valence-electron chi connectivity index (χ3n) is 2.83. The van der Waals surface area contributed by atoms with E-state index in [-0.39, 0.29) is 5.56 Å². The zero-order chi connectivity index (χ0) is 16.3. The quantitative estimate of drug-likeness (QED) is 0.529. The molecule has 0 bridgehead atoms. The molecule has 2 aromatic rings. The Morgan fingerprint density at radius 2 is 1.64 bits per heavy atom. The Morgan fingerprint density at radius 3 is 2.23 bits per heavy atom. The maximum absolute atomic E-state index is 12.0. The molecule has 7 heteroatoms. The Morgan fingerprint density at radius 1 is 1.00 bits per heavy atom. The lowest BCUT2D eigenvalue weighted by Gasteiger charge is -2.07. The van der Waals surface area contributed by atoms with E-state index in [0.717, 1.165) is 6.07 Å². The van der Waals surface area contributed by atoms with Crippen LogP contribution in [-0.4, -0.2) is 24.9 Å². The molecule has 0 aromatic heterocycles. The lowest BCUT2D eigenvalue weighted by atomic mass is 10.1. The van der Waals surface area contributed by atoms with Crippen molar-refractivity contribution in [1.82, 2.24) is 0 Å². The normalized spacial score (nSPS) is 11.0. The second-order valence-corrected chi connectivity index (χ2v) is 5.91. The summed E-state index contributed by atoms with van der Waals surface area (Å²) < 4.78 is 36.5. The van der Waals surface area contributed by atoms with Crippen LogP contribution in [0.15, 0.2) is 53.4 Å². The van der Waals surface area contributed by atoms with E-state index in [2.05, 4.69) is 4.74 Å². The van der Waals surface area contributed by atoms with Gasteiger partial charge in [-0.1, -0.05) is 24.3 Å². The van der Waals surface area contributed by atoms with Gasteiger partial charge < -0.3 is 4.74 Å². The van der Waals surface area contributed by atoms with Gasteiger partial charge in [-0.25, -0.2) is 9.59 Å². The Hall–Kier alpha value is -2.51. The first-order valence-electron chi connectivity index (χ1n) is 6.19. The summed E-state index contributed by atoms with van der Waals surface area (Å²) in [5.41, 5.74) is 0.271. The number of rotatable bonds is 3. The summed E-state index contributed by atoms with van der Waals surface area (Å²) in [5.74, 6) is -2.06. The monoisotopic (exact) mass is 320 g/mol. The standard InChI is InChI=1S/C15H12O6S/c1-10-7-8-12(13(9-10)22(18,19)20)15(17)21-14(16)11-5-3-2-4-6-11/h2-9H,1H3,(H,18,19,20). The number of ether oxygens (including phenoxy) is 1. The van der Waals surface area contributed by atoms with E-state index in [1.54, 1.807) is 25.1 Å². The average Bonchev–Trinajstić information content (AvgIpc) is 2.47. The molecule has 2 aromatic carbocycles. The number of carbonyl (C=O) groups is 2. The molecule has 0 aliphatic carbocycles. The first-order valence-corrected chi connectivity index (χ1v) is 7.63. The zero-order valence-electron chi connectivity index (χ0n) is 11.5. The number of carbonyl (C=O) groups excluding carboxylic acids is 2. The Kier molecular flexibility index (Phi) is 4.39. The fraction of sp³-hybridized carbons (Fsp3) is 0.0667. The predicted octanol–water partition coefficient (Wildman–Crippen LogP) is 2.24. The molecule has 2 rings (SSSR count). The van der Waals surface area contributed by atoms with Crippen LogP contribution in [0.5, 0.6) is 0 Å². The molecule has 6 nitrogen and oxygen atoms in total. The van der Waals surface area contributed by atoms with Gasteiger partial charge >= 0.3 is 11.9 Å². The molecule has 0 spiro atoms. The molecule has 0 unspecified atom stereocenters. The van der Waals surface area contributed by atoms with Gasteiger partial charge in [-0.2, -0.15) is 8.42 Å². The van der Waals surface area contributed by atoms with Crippen LogP contribution in [-0.2, 0) is 14.9 Å². The lowest BCUT2D eigenvalue weighted by molar-refractivity contribution is 0.0394. The van der Waals surface area contributed by atoms with Crippen LogP contribution in [0.4, 0.5) is 0 Å². The van der Waals surface area contributed by atoms with Crippen LogP contribution in [0.3, 0.4) is 0 Å². The van der Waals surface area contributed by atoms with Crippen molar-refractivity contribution < 1.29 is 27.3 Å². The minimum absolute atomic E-state index is 0.149. The topological polar surface area (TPSA) is 97.7 Å². The molecule has 0 heterocycles. The second kappa shape index (κ2) is 6.08. The summed E-state index contributed by atoms with van der Waals surface area (Å²) in [4.78, 5) is 23.2. The fourth-order valence-electron chi connectivity index (χ4n) is 1.78. The third kappa shape index (κ3) is 3.57. The summed E-state index contributed by atoms with van der Waals surface area (Å²) in [5, 5.41) is 0. The summed E-state index contributed by atoms with van der Waals surface area (Å²) >= 11 is 0. The highest BCUT2D eigenvalue weighted by molar-refractivity contribution is 7.86. The predicted molar refractivity (Wildman–Crippen MR) is 77.2 cm³/mol. The molecule has 0 aliphatic heterocycles. The second-order valence-electron chi connectivity index (χ2n) is 4.52. The molecule has 0 atom stereocenters.